The summed E-state index contributed by atoms with van der Waals surface area (Å²) in [5.41, 5.74) is 5.81. The van der Waals surface area contributed by atoms with Crippen molar-refractivity contribution in [2.24, 2.45) is 5.73 Å². The Morgan fingerprint density at radius 3 is 2.92 bits per heavy atom. The van der Waals surface area contributed by atoms with Crippen molar-refractivity contribution in [1.82, 2.24) is 4.90 Å². The minimum absolute atomic E-state index is 0.0952. The number of ether oxygens (including phenoxy) is 1. The molecule has 2 unspecified atom stereocenters. The van der Waals surface area contributed by atoms with E-state index in [0.29, 0.717) is 0 Å². The van der Waals surface area contributed by atoms with E-state index in [4.69, 9.17) is 5.73 Å². The molecule has 1 fully saturated rings. The van der Waals surface area contributed by atoms with Gasteiger partial charge in [-0.1, -0.05) is 0 Å². The van der Waals surface area contributed by atoms with Crippen LogP contribution in [0, 0.1) is 0 Å². The normalized spacial score (nSPS) is 30.1. The van der Waals surface area contributed by atoms with Crippen LogP contribution in [0.1, 0.15) is 19.8 Å². The van der Waals surface area contributed by atoms with E-state index in [1.54, 1.807) is 4.90 Å². The molecule has 2 N–H and O–H groups in total. The van der Waals surface area contributed by atoms with Gasteiger partial charge in [-0.3, -0.25) is 0 Å². The second kappa shape index (κ2) is 3.76. The second-order valence-corrected chi connectivity index (χ2v) is 3.21. The summed E-state index contributed by atoms with van der Waals surface area (Å²) in [6.07, 6.45) is 1.70. The van der Waals surface area contributed by atoms with Crippen molar-refractivity contribution in [3.05, 3.63) is 0 Å². The van der Waals surface area contributed by atoms with Crippen LogP contribution >= 0.6 is 0 Å². The molecule has 1 aliphatic rings. The molecular weight excluding hydrogens is 156 g/mol. The molecule has 4 nitrogen and oxygen atoms in total. The Morgan fingerprint density at radius 2 is 2.33 bits per heavy atom. The number of amides is 1. The summed E-state index contributed by atoms with van der Waals surface area (Å²) < 4.78 is 4.64. The van der Waals surface area contributed by atoms with E-state index in [2.05, 4.69) is 4.74 Å². The van der Waals surface area contributed by atoms with Gasteiger partial charge >= 0.3 is 6.09 Å². The Labute approximate surface area is 72.7 Å². The maximum Gasteiger partial charge on any atom is 0.409 e. The quantitative estimate of drug-likeness (QED) is 0.581. The fraction of sp³-hybridized carbons (Fsp3) is 0.875. The van der Waals surface area contributed by atoms with Crippen LogP contribution in [0.3, 0.4) is 0 Å². The predicted molar refractivity (Wildman–Crippen MR) is 45.8 cm³/mol. The maximum atomic E-state index is 11.2. The monoisotopic (exact) mass is 172 g/mol. The molecule has 0 spiro atoms. The molecule has 1 rings (SSSR count). The first kappa shape index (κ1) is 9.32. The molecule has 70 valence electrons. The molecule has 4 heteroatoms. The van der Waals surface area contributed by atoms with Crippen LogP contribution in [0.5, 0.6) is 0 Å². The number of carbonyl (C=O) groups is 1. The fourth-order valence-corrected chi connectivity index (χ4v) is 1.55. The summed E-state index contributed by atoms with van der Waals surface area (Å²) in [6, 6.07) is 0.198. The van der Waals surface area contributed by atoms with Gasteiger partial charge in [0.2, 0.25) is 0 Å². The summed E-state index contributed by atoms with van der Waals surface area (Å²) in [7, 11) is 1.40. The van der Waals surface area contributed by atoms with Crippen molar-refractivity contribution in [3.63, 3.8) is 0 Å². The first-order valence-corrected chi connectivity index (χ1v) is 4.27. The van der Waals surface area contributed by atoms with Crippen LogP contribution < -0.4 is 5.73 Å². The van der Waals surface area contributed by atoms with Gasteiger partial charge in [0.05, 0.1) is 7.11 Å². The summed E-state index contributed by atoms with van der Waals surface area (Å²) in [6.45, 7) is 2.72. The first-order chi connectivity index (χ1) is 5.66. The fourth-order valence-electron chi connectivity index (χ4n) is 1.55. The molecule has 0 radical (unpaired) electrons. The number of likely N-dealkylation sites (tertiary alicyclic amines) is 1. The SMILES string of the molecule is COC(=O)N1CCCC(N)C1C. The average molecular weight is 172 g/mol. The average Bonchev–Trinajstić information content (AvgIpc) is 2.08. The van der Waals surface area contributed by atoms with Crippen LogP contribution in [0.25, 0.3) is 0 Å². The molecule has 0 saturated carbocycles. The third-order valence-corrected chi connectivity index (χ3v) is 2.46. The number of rotatable bonds is 0. The molecule has 2 atom stereocenters. The molecule has 1 heterocycles. The van der Waals surface area contributed by atoms with Crippen LogP contribution in [0.2, 0.25) is 0 Å². The topological polar surface area (TPSA) is 55.6 Å². The zero-order valence-electron chi connectivity index (χ0n) is 7.62. The molecule has 1 saturated heterocycles. The molecular formula is C8H16N2O2. The van der Waals surface area contributed by atoms with Crippen molar-refractivity contribution in [2.75, 3.05) is 13.7 Å². The highest BCUT2D eigenvalue weighted by atomic mass is 16.5. The lowest BCUT2D eigenvalue weighted by molar-refractivity contribution is 0.0875. The lowest BCUT2D eigenvalue weighted by Crippen LogP contribution is -2.52. The number of nitrogens with two attached hydrogens (primary N) is 1. The number of hydrogen-bond donors (Lipinski definition) is 1. The van der Waals surface area contributed by atoms with Crippen molar-refractivity contribution < 1.29 is 9.53 Å². The van der Waals surface area contributed by atoms with Gasteiger partial charge in [-0.25, -0.2) is 4.79 Å². The summed E-state index contributed by atoms with van der Waals surface area (Å²) in [5.74, 6) is 0. The lowest BCUT2D eigenvalue weighted by atomic mass is 9.99. The van der Waals surface area contributed by atoms with E-state index in [1.165, 1.54) is 7.11 Å². The maximum absolute atomic E-state index is 11.2. The summed E-state index contributed by atoms with van der Waals surface area (Å²) >= 11 is 0. The largest absolute Gasteiger partial charge is 0.453 e. The highest BCUT2D eigenvalue weighted by Gasteiger charge is 2.28. The third kappa shape index (κ3) is 1.69. The van der Waals surface area contributed by atoms with Crippen molar-refractivity contribution in [3.8, 4) is 0 Å². The lowest BCUT2D eigenvalue weighted by Gasteiger charge is -2.36. The van der Waals surface area contributed by atoms with Crippen LogP contribution in [-0.2, 0) is 4.74 Å². The second-order valence-electron chi connectivity index (χ2n) is 3.21. The van der Waals surface area contributed by atoms with Gasteiger partial charge in [0.15, 0.2) is 0 Å². The van der Waals surface area contributed by atoms with Gasteiger partial charge in [-0.05, 0) is 19.8 Å². The smallest absolute Gasteiger partial charge is 0.409 e. The molecule has 0 aromatic heterocycles. The molecule has 0 aromatic rings. The van der Waals surface area contributed by atoms with E-state index in [-0.39, 0.29) is 18.2 Å². The molecule has 0 bridgehead atoms. The number of carbonyl (C=O) groups excluding carboxylic acids is 1. The van der Waals surface area contributed by atoms with Gasteiger partial charge in [-0.15, -0.1) is 0 Å². The van der Waals surface area contributed by atoms with Crippen molar-refractivity contribution in [1.29, 1.82) is 0 Å². The number of hydrogen-bond acceptors (Lipinski definition) is 3. The minimum atomic E-state index is -0.266. The van der Waals surface area contributed by atoms with E-state index >= 15 is 0 Å². The first-order valence-electron chi connectivity index (χ1n) is 4.27. The Bertz CT molecular complexity index is 172. The number of nitrogens with zero attached hydrogens (tertiary/aromatic N) is 1. The molecule has 12 heavy (non-hydrogen) atoms. The Morgan fingerprint density at radius 1 is 1.67 bits per heavy atom. The van der Waals surface area contributed by atoms with E-state index in [0.717, 1.165) is 19.4 Å². The van der Waals surface area contributed by atoms with E-state index in [9.17, 15) is 4.79 Å². The van der Waals surface area contributed by atoms with Gasteiger partial charge in [-0.2, -0.15) is 0 Å². The molecule has 0 aromatic carbocycles. The third-order valence-electron chi connectivity index (χ3n) is 2.46. The van der Waals surface area contributed by atoms with Gasteiger partial charge < -0.3 is 15.4 Å². The molecule has 1 amide bonds. The molecule has 0 aliphatic carbocycles. The van der Waals surface area contributed by atoms with Gasteiger partial charge in [0, 0.05) is 18.6 Å². The Hall–Kier alpha value is -0.770. The highest BCUT2D eigenvalue weighted by molar-refractivity contribution is 5.68. The number of methoxy groups -OCH3 is 1. The summed E-state index contributed by atoms with van der Waals surface area (Å²) in [5, 5.41) is 0. The minimum Gasteiger partial charge on any atom is -0.453 e. The standard InChI is InChI=1S/C8H16N2O2/c1-6-7(9)4-3-5-10(6)8(11)12-2/h6-7H,3-5,9H2,1-2H3. The molecule has 1 aliphatic heterocycles. The van der Waals surface area contributed by atoms with Crippen molar-refractivity contribution in [2.45, 2.75) is 31.8 Å². The van der Waals surface area contributed by atoms with Crippen LogP contribution in [0.15, 0.2) is 0 Å². The predicted octanol–water partition coefficient (Wildman–Crippen LogP) is 0.564. The number of piperidine rings is 1. The van der Waals surface area contributed by atoms with Gasteiger partial charge in [0.25, 0.3) is 0 Å². The Balaban J connectivity index is 2.57. The van der Waals surface area contributed by atoms with Crippen LogP contribution in [0.4, 0.5) is 4.79 Å². The Kier molecular flexibility index (Phi) is 2.92. The van der Waals surface area contributed by atoms with Crippen LogP contribution in [-0.4, -0.2) is 36.7 Å². The van der Waals surface area contributed by atoms with Crippen molar-refractivity contribution >= 4 is 6.09 Å². The highest BCUT2D eigenvalue weighted by Crippen LogP contribution is 2.16. The zero-order chi connectivity index (χ0) is 9.14. The zero-order valence-corrected chi connectivity index (χ0v) is 7.62. The van der Waals surface area contributed by atoms with E-state index < -0.39 is 0 Å². The van der Waals surface area contributed by atoms with Gasteiger partial charge in [0.1, 0.15) is 0 Å². The van der Waals surface area contributed by atoms with E-state index in [1.807, 2.05) is 6.92 Å². The summed E-state index contributed by atoms with van der Waals surface area (Å²) in [4.78, 5) is 12.9.